The van der Waals surface area contributed by atoms with Gasteiger partial charge in [0.1, 0.15) is 24.4 Å². The Labute approximate surface area is 376 Å². The third-order valence-electron chi connectivity index (χ3n) is 12.0. The van der Waals surface area contributed by atoms with Crippen molar-refractivity contribution in [3.8, 4) is 0 Å². The number of nitrogens with one attached hydrogen (secondary N) is 1. The molecule has 1 fully saturated rings. The molecule has 0 spiro atoms. The molecular weight excluding hydrogens is 813 g/mol. The van der Waals surface area contributed by atoms with E-state index in [1.165, 1.54) is 116 Å². The molecule has 0 bridgehead atoms. The first-order valence-electron chi connectivity index (χ1n) is 25.3. The average Bonchev–Trinajstić information content (AvgIpc) is 3.22. The summed E-state index contributed by atoms with van der Waals surface area (Å²) in [5, 5.41) is 23.7. The molecule has 0 aromatic carbocycles. The van der Waals surface area contributed by atoms with Crippen molar-refractivity contribution >= 4 is 25.7 Å². The molecule has 0 aromatic rings. The first-order valence-corrected chi connectivity index (χ1v) is 26.8. The van der Waals surface area contributed by atoms with E-state index in [1.54, 1.807) is 0 Å². The third-order valence-corrected chi connectivity index (χ3v) is 12.5. The van der Waals surface area contributed by atoms with Crippen LogP contribution in [0.1, 0.15) is 245 Å². The summed E-state index contributed by atoms with van der Waals surface area (Å²) in [7, 11) is -5.24. The summed E-state index contributed by atoms with van der Waals surface area (Å²) in [4.78, 5) is 59.5. The normalized spacial score (nSPS) is 19.6. The molecule has 1 aliphatic rings. The molecule has 0 aromatic heterocycles. The summed E-state index contributed by atoms with van der Waals surface area (Å²) in [5.41, 5.74) is 0. The summed E-state index contributed by atoms with van der Waals surface area (Å²) in [6.45, 7) is 5.80. The van der Waals surface area contributed by atoms with Crippen LogP contribution in [0.5, 0.6) is 0 Å². The van der Waals surface area contributed by atoms with Crippen molar-refractivity contribution in [3.05, 3.63) is 0 Å². The number of esters is 2. The highest BCUT2D eigenvalue weighted by atomic mass is 31.2. The number of carbonyl (C=O) groups is 3. The Balaban J connectivity index is 2.89. The van der Waals surface area contributed by atoms with Gasteiger partial charge in [-0.2, -0.15) is 0 Å². The zero-order valence-corrected chi connectivity index (χ0v) is 40.3. The average molecular weight is 906 g/mol. The predicted molar refractivity (Wildman–Crippen MR) is 245 cm³/mol. The van der Waals surface area contributed by atoms with E-state index in [4.69, 9.17) is 18.7 Å². The van der Waals surface area contributed by atoms with Gasteiger partial charge in [-0.05, 0) is 25.7 Å². The molecule has 1 saturated heterocycles. The number of unbranched alkanes of at least 4 members (excludes halogenated alkanes) is 28. The van der Waals surface area contributed by atoms with Crippen LogP contribution in [0.2, 0.25) is 0 Å². The molecule has 0 saturated carbocycles. The van der Waals surface area contributed by atoms with E-state index in [0.717, 1.165) is 70.6 Å². The summed E-state index contributed by atoms with van der Waals surface area (Å²) in [6, 6.07) is -1.46. The first kappa shape index (κ1) is 58.4. The number of phosphoric ester groups is 1. The van der Waals surface area contributed by atoms with Crippen molar-refractivity contribution in [2.75, 3.05) is 6.61 Å². The molecule has 366 valence electrons. The van der Waals surface area contributed by atoms with E-state index in [-0.39, 0.29) is 19.3 Å². The molecule has 6 atom stereocenters. The molecule has 1 rings (SSSR count). The fraction of sp³-hybridized carbons (Fsp3) is 0.938. The number of phosphoric acid groups is 1. The number of rotatable bonds is 42. The Morgan fingerprint density at radius 3 is 1.40 bits per heavy atom. The summed E-state index contributed by atoms with van der Waals surface area (Å²) < 4.78 is 34.2. The summed E-state index contributed by atoms with van der Waals surface area (Å²) in [5.74, 6) is -1.73. The second kappa shape index (κ2) is 38.6. The minimum Gasteiger partial charge on any atom is -0.462 e. The van der Waals surface area contributed by atoms with Crippen molar-refractivity contribution in [2.45, 2.75) is 282 Å². The highest BCUT2D eigenvalue weighted by Gasteiger charge is 2.51. The van der Waals surface area contributed by atoms with Crippen molar-refractivity contribution in [2.24, 2.45) is 0 Å². The number of aliphatic hydroxyl groups is 2. The minimum atomic E-state index is -5.24. The second-order valence-electron chi connectivity index (χ2n) is 17.9. The number of ether oxygens (including phenoxy) is 3. The fourth-order valence-electron chi connectivity index (χ4n) is 8.30. The number of hydrogen-bond acceptors (Lipinski definition) is 10. The van der Waals surface area contributed by atoms with E-state index >= 15 is 0 Å². The van der Waals surface area contributed by atoms with Crippen molar-refractivity contribution in [1.29, 1.82) is 0 Å². The molecule has 1 unspecified atom stereocenters. The van der Waals surface area contributed by atoms with Gasteiger partial charge in [0.25, 0.3) is 0 Å². The topological polar surface area (TPSA) is 198 Å². The maximum Gasteiger partial charge on any atom is 0.470 e. The number of carbonyl (C=O) groups excluding carboxylic acids is 3. The summed E-state index contributed by atoms with van der Waals surface area (Å²) >= 11 is 0. The zero-order chi connectivity index (χ0) is 45.7. The Morgan fingerprint density at radius 1 is 0.581 bits per heavy atom. The molecule has 0 aliphatic carbocycles. The van der Waals surface area contributed by atoms with Crippen LogP contribution in [-0.4, -0.2) is 81.2 Å². The van der Waals surface area contributed by atoms with Gasteiger partial charge in [-0.25, -0.2) is 4.57 Å². The van der Waals surface area contributed by atoms with Crippen LogP contribution in [0.3, 0.4) is 0 Å². The lowest BCUT2D eigenvalue weighted by molar-refractivity contribution is -0.256. The maximum atomic E-state index is 13.7. The molecule has 5 N–H and O–H groups in total. The predicted octanol–water partition coefficient (Wildman–Crippen LogP) is 11.2. The van der Waals surface area contributed by atoms with E-state index < -0.39 is 69.0 Å². The van der Waals surface area contributed by atoms with Crippen LogP contribution in [0, 0.1) is 0 Å². The SMILES string of the molecule is CCCCCCCCCCCCCC(=O)N[C@H]1C(O)O[C@H](CO)[C@@H](OP(=O)(O)O)[C@@H]1OC(=O)C[C@@H](CCCCCCCCCCC)OC(=O)CCCCCCCCCCCCC. The van der Waals surface area contributed by atoms with Gasteiger partial charge in [0.05, 0.1) is 13.0 Å². The second-order valence-corrected chi connectivity index (χ2v) is 19.1. The van der Waals surface area contributed by atoms with E-state index in [9.17, 15) is 38.9 Å². The van der Waals surface area contributed by atoms with Crippen molar-refractivity contribution < 1.29 is 57.7 Å². The van der Waals surface area contributed by atoms with Gasteiger partial charge in [-0.15, -0.1) is 0 Å². The molecular formula is C48H92NO12P. The molecule has 13 nitrogen and oxygen atoms in total. The van der Waals surface area contributed by atoms with Gasteiger partial charge < -0.3 is 39.5 Å². The zero-order valence-electron chi connectivity index (χ0n) is 39.4. The van der Waals surface area contributed by atoms with E-state index in [2.05, 4.69) is 26.1 Å². The smallest absolute Gasteiger partial charge is 0.462 e. The highest BCUT2D eigenvalue weighted by molar-refractivity contribution is 7.46. The lowest BCUT2D eigenvalue weighted by Gasteiger charge is -2.43. The quantitative estimate of drug-likeness (QED) is 0.0221. The van der Waals surface area contributed by atoms with Gasteiger partial charge in [0.2, 0.25) is 5.91 Å². The largest absolute Gasteiger partial charge is 0.470 e. The Hall–Kier alpha value is -1.60. The van der Waals surface area contributed by atoms with Crippen LogP contribution in [-0.2, 0) is 37.7 Å². The van der Waals surface area contributed by atoms with Crippen LogP contribution in [0.4, 0.5) is 0 Å². The van der Waals surface area contributed by atoms with Crippen molar-refractivity contribution in [3.63, 3.8) is 0 Å². The molecule has 1 aliphatic heterocycles. The maximum absolute atomic E-state index is 13.7. The molecule has 1 heterocycles. The number of hydrogen-bond donors (Lipinski definition) is 5. The van der Waals surface area contributed by atoms with Gasteiger partial charge in [0, 0.05) is 12.8 Å². The lowest BCUT2D eigenvalue weighted by Crippen LogP contribution is -2.65. The monoisotopic (exact) mass is 906 g/mol. The molecule has 1 amide bonds. The Kier molecular flexibility index (Phi) is 36.4. The Morgan fingerprint density at radius 2 is 0.984 bits per heavy atom. The van der Waals surface area contributed by atoms with Gasteiger partial charge in [0.15, 0.2) is 12.4 Å². The lowest BCUT2D eigenvalue weighted by atomic mass is 9.96. The van der Waals surface area contributed by atoms with Crippen LogP contribution >= 0.6 is 7.82 Å². The molecule has 62 heavy (non-hydrogen) atoms. The standard InChI is InChI=1S/C48H92NO12P/c1-4-7-10-13-16-19-21-24-27-30-33-36-42(51)49-45-47(46(61-62(55,56)57)41(39-50)59-48(45)54)60-44(53)38-40(35-32-29-26-23-18-15-12-9-6-3)58-43(52)37-34-31-28-25-22-20-17-14-11-8-5-2/h40-41,45-48,50,54H,4-39H2,1-3H3,(H,49,51)(H2,55,56,57)/t40-,41-,45-,46-,47-,48?/m1/s1. The highest BCUT2D eigenvalue weighted by Crippen LogP contribution is 2.42. The van der Waals surface area contributed by atoms with Gasteiger partial charge in [-0.1, -0.05) is 201 Å². The van der Waals surface area contributed by atoms with Crippen LogP contribution in [0.25, 0.3) is 0 Å². The Bertz CT molecular complexity index is 1160. The van der Waals surface area contributed by atoms with E-state index in [1.807, 2.05) is 0 Å². The van der Waals surface area contributed by atoms with Crippen LogP contribution in [0.15, 0.2) is 0 Å². The van der Waals surface area contributed by atoms with E-state index in [0.29, 0.717) is 19.3 Å². The molecule has 0 radical (unpaired) electrons. The van der Waals surface area contributed by atoms with Crippen molar-refractivity contribution in [1.82, 2.24) is 5.32 Å². The first-order chi connectivity index (χ1) is 29.9. The van der Waals surface area contributed by atoms with Gasteiger partial charge >= 0.3 is 19.8 Å². The number of amides is 1. The summed E-state index contributed by atoms with van der Waals surface area (Å²) in [6.07, 6.45) is 27.7. The molecule has 14 heteroatoms. The number of aliphatic hydroxyl groups excluding tert-OH is 2. The fourth-order valence-corrected chi connectivity index (χ4v) is 8.88. The van der Waals surface area contributed by atoms with Gasteiger partial charge in [-0.3, -0.25) is 18.9 Å². The third kappa shape index (κ3) is 31.3. The van der Waals surface area contributed by atoms with Crippen LogP contribution < -0.4 is 5.32 Å². The minimum absolute atomic E-state index is 0.115.